The van der Waals surface area contributed by atoms with Crippen molar-refractivity contribution in [3.8, 4) is 17.1 Å². The molecule has 1 unspecified atom stereocenters. The number of rotatable bonds is 10. The van der Waals surface area contributed by atoms with Crippen molar-refractivity contribution in [1.82, 2.24) is 10.3 Å². The minimum Gasteiger partial charge on any atom is -0.434 e. The summed E-state index contributed by atoms with van der Waals surface area (Å²) in [5.74, 6) is 1.76. The molecule has 3 heterocycles. The second-order valence-corrected chi connectivity index (χ2v) is 15.7. The average Bonchev–Trinajstić information content (AvgIpc) is 3.86. The molecule has 2 aromatic heterocycles. The van der Waals surface area contributed by atoms with E-state index in [0.29, 0.717) is 42.7 Å². The predicted molar refractivity (Wildman–Crippen MR) is 157 cm³/mol. The molecular weight excluding hydrogens is 566 g/mol. The van der Waals surface area contributed by atoms with Crippen molar-refractivity contribution in [3.05, 3.63) is 41.5 Å². The van der Waals surface area contributed by atoms with E-state index >= 15 is 0 Å². The molecule has 0 spiro atoms. The Morgan fingerprint density at radius 3 is 2.41 bits per heavy atom. The number of aromatic nitrogens is 1. The van der Waals surface area contributed by atoms with Crippen LogP contribution in [0.3, 0.4) is 0 Å². The zero-order chi connectivity index (χ0) is 28.9. The van der Waals surface area contributed by atoms with Gasteiger partial charge in [-0.15, -0.1) is 0 Å². The molecule has 1 aromatic carbocycles. The van der Waals surface area contributed by atoms with Gasteiger partial charge in [0.25, 0.3) is 0 Å². The maximum Gasteiger partial charge on any atom is 0.412 e. The fourth-order valence-electron chi connectivity index (χ4n) is 5.74. The summed E-state index contributed by atoms with van der Waals surface area (Å²) in [6.07, 6.45) is 6.67. The molecule has 0 radical (unpaired) electrons. The van der Waals surface area contributed by atoms with Crippen molar-refractivity contribution in [2.24, 2.45) is 0 Å². The van der Waals surface area contributed by atoms with Crippen LogP contribution in [0.2, 0.25) is 0 Å². The van der Waals surface area contributed by atoms with Gasteiger partial charge in [0, 0.05) is 19.2 Å². The molecule has 1 atom stereocenters. The zero-order valence-corrected chi connectivity index (χ0v) is 24.9. The summed E-state index contributed by atoms with van der Waals surface area (Å²) in [7, 11) is -5.38. The Bertz CT molecular complexity index is 1690. The molecule has 3 aromatic rings. The molecular formula is C29H35N3O7S2. The molecule has 6 rings (SSSR count). The van der Waals surface area contributed by atoms with E-state index in [4.69, 9.17) is 14.1 Å². The zero-order valence-electron chi connectivity index (χ0n) is 23.3. The van der Waals surface area contributed by atoms with Gasteiger partial charge in [-0.25, -0.2) is 21.6 Å². The van der Waals surface area contributed by atoms with Crippen molar-refractivity contribution in [1.29, 1.82) is 0 Å². The first-order valence-corrected chi connectivity index (χ1v) is 17.8. The highest BCUT2D eigenvalue weighted by atomic mass is 32.2. The SMILES string of the molecule is CNC(=O)Oc1c(-c2ccc(C3CC3)cc2)oc2nc(N(CCCC3CCCS3(=O)=O)S(C)(=O)=O)c(C3CC3)cc12. The number of fused-ring (bicyclic) bond motifs is 1. The number of hydrogen-bond acceptors (Lipinski definition) is 8. The van der Waals surface area contributed by atoms with Gasteiger partial charge in [-0.2, -0.15) is 4.98 Å². The maximum absolute atomic E-state index is 13.0. The summed E-state index contributed by atoms with van der Waals surface area (Å²) in [6, 6.07) is 9.80. The van der Waals surface area contributed by atoms with E-state index in [0.717, 1.165) is 30.2 Å². The average molecular weight is 602 g/mol. The molecule has 0 bridgehead atoms. The van der Waals surface area contributed by atoms with Crippen molar-refractivity contribution < 1.29 is 30.8 Å². The first-order chi connectivity index (χ1) is 19.5. The van der Waals surface area contributed by atoms with Crippen LogP contribution in [0.1, 0.15) is 74.3 Å². The van der Waals surface area contributed by atoms with Gasteiger partial charge >= 0.3 is 6.09 Å². The summed E-state index contributed by atoms with van der Waals surface area (Å²) in [5.41, 5.74) is 2.88. The van der Waals surface area contributed by atoms with Crippen LogP contribution < -0.4 is 14.4 Å². The van der Waals surface area contributed by atoms with E-state index in [2.05, 4.69) is 5.32 Å². The van der Waals surface area contributed by atoms with Crippen LogP contribution in [-0.2, 0) is 19.9 Å². The van der Waals surface area contributed by atoms with Crippen LogP contribution in [0.5, 0.6) is 5.75 Å². The Hall–Kier alpha value is -3.12. The molecule has 3 aliphatic rings. The lowest BCUT2D eigenvalue weighted by atomic mass is 10.1. The minimum absolute atomic E-state index is 0.112. The number of anilines is 1. The lowest BCUT2D eigenvalue weighted by Gasteiger charge is -2.24. The Kier molecular flexibility index (Phi) is 7.25. The number of furan rings is 1. The number of sulfone groups is 1. The number of hydrogen-bond donors (Lipinski definition) is 1. The number of sulfonamides is 1. The van der Waals surface area contributed by atoms with E-state index in [1.807, 2.05) is 30.3 Å². The van der Waals surface area contributed by atoms with Gasteiger partial charge in [-0.1, -0.05) is 24.3 Å². The number of carbonyl (C=O) groups excluding carboxylic acids is 1. The largest absolute Gasteiger partial charge is 0.434 e. The predicted octanol–water partition coefficient (Wildman–Crippen LogP) is 5.09. The number of benzene rings is 1. The highest BCUT2D eigenvalue weighted by Gasteiger charge is 2.35. The molecule has 1 saturated heterocycles. The molecule has 1 N–H and O–H groups in total. The van der Waals surface area contributed by atoms with E-state index in [1.54, 1.807) is 0 Å². The second-order valence-electron chi connectivity index (χ2n) is 11.4. The van der Waals surface area contributed by atoms with Gasteiger partial charge in [-0.05, 0) is 80.4 Å². The van der Waals surface area contributed by atoms with E-state index < -0.39 is 31.2 Å². The third-order valence-corrected chi connectivity index (χ3v) is 11.8. The molecule has 2 aliphatic carbocycles. The quantitative estimate of drug-likeness (QED) is 0.339. The molecule has 41 heavy (non-hydrogen) atoms. The van der Waals surface area contributed by atoms with Crippen LogP contribution in [-0.4, -0.2) is 58.8 Å². The highest BCUT2D eigenvalue weighted by molar-refractivity contribution is 7.92. The topological polar surface area (TPSA) is 136 Å². The summed E-state index contributed by atoms with van der Waals surface area (Å²) >= 11 is 0. The molecule has 3 fully saturated rings. The molecule has 2 saturated carbocycles. The van der Waals surface area contributed by atoms with Gasteiger partial charge in [0.1, 0.15) is 5.82 Å². The first-order valence-electron chi connectivity index (χ1n) is 14.2. The van der Waals surface area contributed by atoms with E-state index in [1.165, 1.54) is 29.8 Å². The number of carbonyl (C=O) groups is 1. The number of nitrogens with zero attached hydrogens (tertiary/aromatic N) is 2. The summed E-state index contributed by atoms with van der Waals surface area (Å²) in [5, 5.41) is 2.54. The van der Waals surface area contributed by atoms with Gasteiger partial charge in [0.15, 0.2) is 21.3 Å². The normalized spacial score (nSPS) is 20.3. The number of nitrogens with one attached hydrogen (secondary N) is 1. The van der Waals surface area contributed by atoms with Gasteiger partial charge in [0.05, 0.1) is 22.6 Å². The Labute approximate surface area is 240 Å². The minimum atomic E-state index is -3.74. The van der Waals surface area contributed by atoms with Crippen LogP contribution in [0.4, 0.5) is 10.6 Å². The van der Waals surface area contributed by atoms with Gasteiger partial charge < -0.3 is 14.5 Å². The number of ether oxygens (including phenoxy) is 1. The van der Waals surface area contributed by atoms with Crippen LogP contribution in [0, 0.1) is 0 Å². The molecule has 220 valence electrons. The Balaban J connectivity index is 1.40. The summed E-state index contributed by atoms with van der Waals surface area (Å²) in [6.45, 7) is 0.112. The van der Waals surface area contributed by atoms with E-state index in [9.17, 15) is 21.6 Å². The van der Waals surface area contributed by atoms with Crippen LogP contribution in [0.25, 0.3) is 22.4 Å². The maximum atomic E-state index is 13.0. The fraction of sp³-hybridized carbons (Fsp3) is 0.517. The standard InChI is InChI=1S/C29H35N3O7S2/c1-30-29(33)39-26-24-17-23(20-11-12-20)27(32(40(2,34)35)15-3-5-22-6-4-16-41(22,36)37)31-28(24)38-25(26)21-13-9-19(10-14-21)18-7-8-18/h9-10,13-14,17-18,20,22H,3-8,11-12,15-16H2,1-2H3,(H,30,33). The third kappa shape index (κ3) is 5.81. The van der Waals surface area contributed by atoms with Crippen molar-refractivity contribution >= 4 is 42.9 Å². The van der Waals surface area contributed by atoms with Crippen molar-refractivity contribution in [2.45, 2.75) is 68.5 Å². The summed E-state index contributed by atoms with van der Waals surface area (Å²) in [4.78, 5) is 17.1. The Morgan fingerprint density at radius 2 is 1.83 bits per heavy atom. The lowest BCUT2D eigenvalue weighted by molar-refractivity contribution is 0.203. The lowest BCUT2D eigenvalue weighted by Crippen LogP contribution is -2.33. The number of amides is 1. The highest BCUT2D eigenvalue weighted by Crippen LogP contribution is 2.49. The van der Waals surface area contributed by atoms with E-state index in [-0.39, 0.29) is 35.5 Å². The molecule has 10 nitrogen and oxygen atoms in total. The van der Waals surface area contributed by atoms with Gasteiger partial charge in [-0.3, -0.25) is 4.31 Å². The van der Waals surface area contributed by atoms with Gasteiger partial charge in [0.2, 0.25) is 15.7 Å². The van der Waals surface area contributed by atoms with Crippen LogP contribution >= 0.6 is 0 Å². The second kappa shape index (κ2) is 10.6. The first kappa shape index (κ1) is 28.0. The Morgan fingerprint density at radius 1 is 1.12 bits per heavy atom. The molecule has 12 heteroatoms. The molecule has 1 aliphatic heterocycles. The molecule has 1 amide bonds. The monoisotopic (exact) mass is 601 g/mol. The fourth-order valence-corrected chi connectivity index (χ4v) is 8.61. The third-order valence-electron chi connectivity index (χ3n) is 8.27. The smallest absolute Gasteiger partial charge is 0.412 e. The summed E-state index contributed by atoms with van der Waals surface area (Å²) < 4.78 is 63.9. The number of pyridine rings is 1. The van der Waals surface area contributed by atoms with Crippen LogP contribution in [0.15, 0.2) is 34.7 Å². The van der Waals surface area contributed by atoms with Crippen molar-refractivity contribution in [3.63, 3.8) is 0 Å². The van der Waals surface area contributed by atoms with Crippen molar-refractivity contribution in [2.75, 3.05) is 29.9 Å².